The Kier molecular flexibility index (Phi) is 4.38. The Balaban J connectivity index is 1.68. The summed E-state index contributed by atoms with van der Waals surface area (Å²) in [6.45, 7) is 0.867. The van der Waals surface area contributed by atoms with Gasteiger partial charge in [0, 0.05) is 29.2 Å². The first kappa shape index (κ1) is 17.3. The van der Waals surface area contributed by atoms with Crippen molar-refractivity contribution in [2.45, 2.75) is 24.3 Å². The van der Waals surface area contributed by atoms with Crippen molar-refractivity contribution < 1.29 is 8.42 Å². The van der Waals surface area contributed by atoms with E-state index < -0.39 is 10.0 Å². The third kappa shape index (κ3) is 3.18. The fourth-order valence-electron chi connectivity index (χ4n) is 2.98. The van der Waals surface area contributed by atoms with E-state index in [2.05, 4.69) is 19.5 Å². The first-order valence-electron chi connectivity index (χ1n) is 7.94. The summed E-state index contributed by atoms with van der Waals surface area (Å²) in [6, 6.07) is 11.3. The van der Waals surface area contributed by atoms with Gasteiger partial charge in [-0.1, -0.05) is 35.3 Å². The van der Waals surface area contributed by atoms with Crippen LogP contribution in [0, 0.1) is 0 Å². The standard InChI is InChI=1S/C17H14Cl2N4O2S/c18-12-6-7-14(19)15(10-12)26(24,25)22-13-4-1-3-11(9-13)17-21-20-16-5-2-8-23(16)17/h1,3-4,6-7,9-10,22H,2,5,8H2. The number of fused-ring (bicyclic) bond motifs is 1. The van der Waals surface area contributed by atoms with Crippen molar-refractivity contribution >= 4 is 38.9 Å². The number of aryl methyl sites for hydroxylation is 1. The maximum atomic E-state index is 12.7. The van der Waals surface area contributed by atoms with Gasteiger partial charge in [0.05, 0.1) is 5.02 Å². The van der Waals surface area contributed by atoms with Crippen LogP contribution in [-0.2, 0) is 23.0 Å². The molecule has 1 aliphatic heterocycles. The zero-order valence-corrected chi connectivity index (χ0v) is 15.8. The number of aromatic nitrogens is 3. The Morgan fingerprint density at radius 3 is 2.77 bits per heavy atom. The highest BCUT2D eigenvalue weighted by Crippen LogP contribution is 2.29. The number of hydrogen-bond donors (Lipinski definition) is 1. The molecule has 1 aromatic heterocycles. The largest absolute Gasteiger partial charge is 0.311 e. The van der Waals surface area contributed by atoms with E-state index in [4.69, 9.17) is 23.2 Å². The molecule has 0 unspecified atom stereocenters. The molecule has 0 atom stereocenters. The van der Waals surface area contributed by atoms with Crippen LogP contribution in [0.3, 0.4) is 0 Å². The Bertz CT molecular complexity index is 1100. The van der Waals surface area contributed by atoms with Gasteiger partial charge in [-0.2, -0.15) is 0 Å². The van der Waals surface area contributed by atoms with E-state index in [1.165, 1.54) is 18.2 Å². The maximum Gasteiger partial charge on any atom is 0.263 e. The van der Waals surface area contributed by atoms with Crippen LogP contribution in [0.25, 0.3) is 11.4 Å². The van der Waals surface area contributed by atoms with Crippen molar-refractivity contribution in [2.75, 3.05) is 4.72 Å². The Hall–Kier alpha value is -2.09. The molecule has 0 aliphatic carbocycles. The summed E-state index contributed by atoms with van der Waals surface area (Å²) in [4.78, 5) is -0.0690. The summed E-state index contributed by atoms with van der Waals surface area (Å²) < 4.78 is 29.9. The van der Waals surface area contributed by atoms with Crippen LogP contribution in [0.15, 0.2) is 47.4 Å². The van der Waals surface area contributed by atoms with Gasteiger partial charge in [0.25, 0.3) is 10.0 Å². The summed E-state index contributed by atoms with van der Waals surface area (Å²) in [5, 5.41) is 8.81. The second-order valence-electron chi connectivity index (χ2n) is 5.96. The van der Waals surface area contributed by atoms with Crippen LogP contribution in [0.1, 0.15) is 12.2 Å². The smallest absolute Gasteiger partial charge is 0.263 e. The molecule has 26 heavy (non-hydrogen) atoms. The molecule has 0 spiro atoms. The molecule has 6 nitrogen and oxygen atoms in total. The molecule has 2 aromatic carbocycles. The van der Waals surface area contributed by atoms with Crippen molar-refractivity contribution in [1.82, 2.24) is 14.8 Å². The van der Waals surface area contributed by atoms with Crippen molar-refractivity contribution in [3.8, 4) is 11.4 Å². The maximum absolute atomic E-state index is 12.7. The Labute approximate surface area is 160 Å². The summed E-state index contributed by atoms with van der Waals surface area (Å²) in [6.07, 6.45) is 1.95. The monoisotopic (exact) mass is 408 g/mol. The molecule has 0 amide bonds. The predicted octanol–water partition coefficient (Wildman–Crippen LogP) is 4.00. The number of anilines is 1. The minimum atomic E-state index is -3.87. The van der Waals surface area contributed by atoms with Crippen LogP contribution >= 0.6 is 23.2 Å². The lowest BCUT2D eigenvalue weighted by Crippen LogP contribution is -2.13. The molecule has 0 saturated heterocycles. The molecular formula is C17H14Cl2N4O2S. The van der Waals surface area contributed by atoms with Gasteiger partial charge >= 0.3 is 0 Å². The Morgan fingerprint density at radius 1 is 1.08 bits per heavy atom. The first-order valence-corrected chi connectivity index (χ1v) is 10.2. The van der Waals surface area contributed by atoms with E-state index in [0.717, 1.165) is 36.6 Å². The molecule has 2 heterocycles. The number of halogens is 2. The first-order chi connectivity index (χ1) is 12.4. The lowest BCUT2D eigenvalue weighted by molar-refractivity contribution is 0.601. The molecule has 0 bridgehead atoms. The van der Waals surface area contributed by atoms with E-state index in [9.17, 15) is 8.42 Å². The van der Waals surface area contributed by atoms with E-state index in [1.807, 2.05) is 6.07 Å². The lowest BCUT2D eigenvalue weighted by atomic mass is 10.2. The molecule has 4 rings (SSSR count). The molecule has 1 N–H and O–H groups in total. The van der Waals surface area contributed by atoms with E-state index in [1.54, 1.807) is 18.2 Å². The van der Waals surface area contributed by atoms with Gasteiger partial charge in [-0.25, -0.2) is 8.42 Å². The number of hydrogen-bond acceptors (Lipinski definition) is 4. The lowest BCUT2D eigenvalue weighted by Gasteiger charge is -2.11. The number of sulfonamides is 1. The van der Waals surface area contributed by atoms with Crippen molar-refractivity contribution in [1.29, 1.82) is 0 Å². The predicted molar refractivity (Wildman–Crippen MR) is 101 cm³/mol. The highest BCUT2D eigenvalue weighted by atomic mass is 35.5. The number of nitrogens with one attached hydrogen (secondary N) is 1. The summed E-state index contributed by atoms with van der Waals surface area (Å²) >= 11 is 11.9. The van der Waals surface area contributed by atoms with Gasteiger partial charge in [-0.05, 0) is 36.8 Å². The molecule has 3 aromatic rings. The second kappa shape index (κ2) is 6.57. The van der Waals surface area contributed by atoms with Gasteiger partial charge in [-0.3, -0.25) is 4.72 Å². The van der Waals surface area contributed by atoms with Crippen LogP contribution < -0.4 is 4.72 Å². The molecule has 9 heteroatoms. The molecule has 134 valence electrons. The molecule has 0 saturated carbocycles. The average molecular weight is 409 g/mol. The van der Waals surface area contributed by atoms with Crippen LogP contribution in [-0.4, -0.2) is 23.2 Å². The third-order valence-corrected chi connectivity index (χ3v) is 6.26. The molecule has 0 fully saturated rings. The van der Waals surface area contributed by atoms with Gasteiger partial charge in [0.2, 0.25) is 0 Å². The number of benzene rings is 2. The summed E-state index contributed by atoms with van der Waals surface area (Å²) in [5.74, 6) is 1.69. The quantitative estimate of drug-likeness (QED) is 0.707. The minimum absolute atomic E-state index is 0.0690. The fourth-order valence-corrected chi connectivity index (χ4v) is 4.79. The molecule has 0 radical (unpaired) electrons. The normalized spacial score (nSPS) is 13.6. The highest BCUT2D eigenvalue weighted by Gasteiger charge is 2.21. The second-order valence-corrected chi connectivity index (χ2v) is 8.45. The van der Waals surface area contributed by atoms with Crippen LogP contribution in [0.4, 0.5) is 5.69 Å². The van der Waals surface area contributed by atoms with Gasteiger partial charge in [0.1, 0.15) is 10.7 Å². The van der Waals surface area contributed by atoms with Gasteiger partial charge < -0.3 is 4.57 Å². The number of rotatable bonds is 4. The van der Waals surface area contributed by atoms with Gasteiger partial charge in [0.15, 0.2) is 5.82 Å². The van der Waals surface area contributed by atoms with Crippen molar-refractivity contribution in [3.05, 3.63) is 58.3 Å². The topological polar surface area (TPSA) is 76.9 Å². The number of nitrogens with zero attached hydrogens (tertiary/aromatic N) is 3. The molecule has 1 aliphatic rings. The van der Waals surface area contributed by atoms with E-state index >= 15 is 0 Å². The fraction of sp³-hybridized carbons (Fsp3) is 0.176. The average Bonchev–Trinajstić information content (AvgIpc) is 3.20. The minimum Gasteiger partial charge on any atom is -0.311 e. The van der Waals surface area contributed by atoms with E-state index in [0.29, 0.717) is 10.7 Å². The van der Waals surface area contributed by atoms with Crippen molar-refractivity contribution in [3.63, 3.8) is 0 Å². The van der Waals surface area contributed by atoms with Crippen molar-refractivity contribution in [2.24, 2.45) is 0 Å². The third-order valence-electron chi connectivity index (χ3n) is 4.17. The summed E-state index contributed by atoms with van der Waals surface area (Å²) in [5.41, 5.74) is 1.21. The summed E-state index contributed by atoms with van der Waals surface area (Å²) in [7, 11) is -3.87. The zero-order chi connectivity index (χ0) is 18.3. The van der Waals surface area contributed by atoms with Gasteiger partial charge in [-0.15, -0.1) is 10.2 Å². The SMILES string of the molecule is O=S(=O)(Nc1cccc(-c2nnc3n2CCC3)c1)c1cc(Cl)ccc1Cl. The Morgan fingerprint density at radius 2 is 1.92 bits per heavy atom. The molecular weight excluding hydrogens is 395 g/mol. The van der Waals surface area contributed by atoms with E-state index in [-0.39, 0.29) is 9.92 Å². The zero-order valence-electron chi connectivity index (χ0n) is 13.5. The highest BCUT2D eigenvalue weighted by molar-refractivity contribution is 7.92. The van der Waals surface area contributed by atoms with Crippen LogP contribution in [0.2, 0.25) is 10.0 Å². The van der Waals surface area contributed by atoms with Crippen LogP contribution in [0.5, 0.6) is 0 Å².